The summed E-state index contributed by atoms with van der Waals surface area (Å²) in [6, 6.07) is 14.7. The Bertz CT molecular complexity index is 1140. The van der Waals surface area contributed by atoms with Crippen molar-refractivity contribution in [1.82, 2.24) is 0 Å². The number of carbonyl (C=O) groups excluding carboxylic acids is 1. The zero-order valence-corrected chi connectivity index (χ0v) is 17.2. The number of benzene rings is 2. The van der Waals surface area contributed by atoms with Gasteiger partial charge < -0.3 is 14.5 Å². The number of furan rings is 1. The van der Waals surface area contributed by atoms with Crippen molar-refractivity contribution in [2.24, 2.45) is 0 Å². The molecule has 0 saturated carbocycles. The SMILES string of the molecule is CCc1ccc(C(=O)Nc2ccc(C)c(S(=O)(=O)Nc3ccccc3OC)c2)o1. The molecule has 8 heteroatoms. The fraction of sp³-hybridized carbons (Fsp3) is 0.190. The molecule has 0 spiro atoms. The molecule has 0 aliphatic rings. The van der Waals surface area contributed by atoms with E-state index < -0.39 is 15.9 Å². The lowest BCUT2D eigenvalue weighted by atomic mass is 10.2. The van der Waals surface area contributed by atoms with Gasteiger partial charge in [0.1, 0.15) is 11.5 Å². The Kier molecular flexibility index (Phi) is 5.93. The number of para-hydroxylation sites is 2. The van der Waals surface area contributed by atoms with Gasteiger partial charge in [-0.3, -0.25) is 9.52 Å². The average molecular weight is 414 g/mol. The summed E-state index contributed by atoms with van der Waals surface area (Å²) in [5.41, 5.74) is 1.21. The van der Waals surface area contributed by atoms with Crippen LogP contribution in [0.15, 0.2) is 63.9 Å². The maximum atomic E-state index is 12.9. The minimum Gasteiger partial charge on any atom is -0.495 e. The fourth-order valence-electron chi connectivity index (χ4n) is 2.78. The van der Waals surface area contributed by atoms with Crippen LogP contribution in [-0.2, 0) is 16.4 Å². The van der Waals surface area contributed by atoms with Gasteiger partial charge in [0.05, 0.1) is 17.7 Å². The summed E-state index contributed by atoms with van der Waals surface area (Å²) in [5, 5.41) is 2.67. The number of amides is 1. The van der Waals surface area contributed by atoms with Gasteiger partial charge in [-0.2, -0.15) is 0 Å². The minimum absolute atomic E-state index is 0.0508. The van der Waals surface area contributed by atoms with Gasteiger partial charge >= 0.3 is 0 Å². The van der Waals surface area contributed by atoms with E-state index in [0.717, 1.165) is 0 Å². The molecule has 152 valence electrons. The molecule has 0 atom stereocenters. The number of ether oxygens (including phenoxy) is 1. The normalized spacial score (nSPS) is 11.1. The lowest BCUT2D eigenvalue weighted by molar-refractivity contribution is 0.0995. The van der Waals surface area contributed by atoms with Crippen LogP contribution in [0.1, 0.15) is 28.8 Å². The number of hydrogen-bond donors (Lipinski definition) is 2. The van der Waals surface area contributed by atoms with E-state index in [9.17, 15) is 13.2 Å². The van der Waals surface area contributed by atoms with Gasteiger partial charge in [-0.1, -0.05) is 25.1 Å². The highest BCUT2D eigenvalue weighted by Gasteiger charge is 2.20. The van der Waals surface area contributed by atoms with Crippen molar-refractivity contribution in [3.63, 3.8) is 0 Å². The first-order valence-electron chi connectivity index (χ1n) is 9.00. The highest BCUT2D eigenvalue weighted by atomic mass is 32.2. The first-order chi connectivity index (χ1) is 13.8. The van der Waals surface area contributed by atoms with Gasteiger partial charge in [-0.15, -0.1) is 0 Å². The van der Waals surface area contributed by atoms with Crippen LogP contribution in [0.4, 0.5) is 11.4 Å². The zero-order chi connectivity index (χ0) is 21.0. The quantitative estimate of drug-likeness (QED) is 0.603. The van der Waals surface area contributed by atoms with Crippen LogP contribution >= 0.6 is 0 Å². The van der Waals surface area contributed by atoms with Crippen LogP contribution in [0, 0.1) is 6.92 Å². The molecule has 0 saturated heterocycles. The first-order valence-corrected chi connectivity index (χ1v) is 10.5. The number of methoxy groups -OCH3 is 1. The van der Waals surface area contributed by atoms with Crippen molar-refractivity contribution in [3.05, 3.63) is 71.7 Å². The van der Waals surface area contributed by atoms with Gasteiger partial charge in [0.15, 0.2) is 5.76 Å². The molecular weight excluding hydrogens is 392 g/mol. The molecule has 7 nitrogen and oxygen atoms in total. The van der Waals surface area contributed by atoms with Crippen LogP contribution in [-0.4, -0.2) is 21.4 Å². The Labute approximate surface area is 169 Å². The van der Waals surface area contributed by atoms with Crippen LogP contribution in [0.3, 0.4) is 0 Å². The number of anilines is 2. The van der Waals surface area contributed by atoms with Crippen LogP contribution in [0.25, 0.3) is 0 Å². The second kappa shape index (κ2) is 8.40. The minimum atomic E-state index is -3.90. The van der Waals surface area contributed by atoms with Crippen molar-refractivity contribution in [2.45, 2.75) is 25.2 Å². The lowest BCUT2D eigenvalue weighted by Crippen LogP contribution is -2.16. The van der Waals surface area contributed by atoms with Gasteiger partial charge in [-0.05, 0) is 48.9 Å². The lowest BCUT2D eigenvalue weighted by Gasteiger charge is -2.14. The van der Waals surface area contributed by atoms with Gasteiger partial charge in [0.2, 0.25) is 0 Å². The third-order valence-corrected chi connectivity index (χ3v) is 5.83. The molecule has 0 aliphatic heterocycles. The Hall–Kier alpha value is -3.26. The Morgan fingerprint density at radius 1 is 1.10 bits per heavy atom. The third-order valence-electron chi connectivity index (χ3n) is 4.32. The topological polar surface area (TPSA) is 97.6 Å². The van der Waals surface area contributed by atoms with E-state index >= 15 is 0 Å². The number of sulfonamides is 1. The van der Waals surface area contributed by atoms with E-state index in [1.54, 1.807) is 55.5 Å². The molecule has 3 rings (SSSR count). The molecule has 0 fully saturated rings. The summed E-state index contributed by atoms with van der Waals surface area (Å²) in [4.78, 5) is 12.4. The Balaban J connectivity index is 1.87. The maximum absolute atomic E-state index is 12.9. The molecule has 1 aromatic heterocycles. The molecule has 2 aromatic carbocycles. The van der Waals surface area contributed by atoms with Crippen molar-refractivity contribution in [1.29, 1.82) is 0 Å². The number of rotatable bonds is 7. The van der Waals surface area contributed by atoms with Gasteiger partial charge in [0, 0.05) is 12.1 Å². The summed E-state index contributed by atoms with van der Waals surface area (Å²) in [6.07, 6.45) is 0.675. The summed E-state index contributed by atoms with van der Waals surface area (Å²) in [6.45, 7) is 3.61. The number of nitrogens with one attached hydrogen (secondary N) is 2. The standard InChI is InChI=1S/C21H22N2O5S/c1-4-16-11-12-19(28-16)21(24)22-15-10-9-14(2)20(13-15)29(25,26)23-17-7-5-6-8-18(17)27-3/h5-13,23H,4H2,1-3H3,(H,22,24). The maximum Gasteiger partial charge on any atom is 0.291 e. The molecule has 0 radical (unpaired) electrons. The van der Waals surface area contributed by atoms with E-state index in [-0.39, 0.29) is 10.7 Å². The monoisotopic (exact) mass is 414 g/mol. The Morgan fingerprint density at radius 3 is 2.55 bits per heavy atom. The number of aryl methyl sites for hydroxylation is 2. The average Bonchev–Trinajstić information content (AvgIpc) is 3.19. The van der Waals surface area contributed by atoms with Crippen molar-refractivity contribution < 1.29 is 22.4 Å². The molecule has 1 heterocycles. The summed E-state index contributed by atoms with van der Waals surface area (Å²) in [7, 11) is -2.44. The Morgan fingerprint density at radius 2 is 1.86 bits per heavy atom. The number of carbonyl (C=O) groups is 1. The van der Waals surface area contributed by atoms with E-state index in [4.69, 9.17) is 9.15 Å². The second-order valence-electron chi connectivity index (χ2n) is 6.36. The smallest absolute Gasteiger partial charge is 0.291 e. The summed E-state index contributed by atoms with van der Waals surface area (Å²) >= 11 is 0. The highest BCUT2D eigenvalue weighted by molar-refractivity contribution is 7.92. The van der Waals surface area contributed by atoms with E-state index in [1.807, 2.05) is 6.92 Å². The van der Waals surface area contributed by atoms with E-state index in [2.05, 4.69) is 10.0 Å². The summed E-state index contributed by atoms with van der Waals surface area (Å²) in [5.74, 6) is 0.819. The van der Waals surface area contributed by atoms with Gasteiger partial charge in [-0.25, -0.2) is 8.42 Å². The summed E-state index contributed by atoms with van der Waals surface area (Å²) < 4.78 is 39.1. The van der Waals surface area contributed by atoms with Gasteiger partial charge in [0.25, 0.3) is 15.9 Å². The zero-order valence-electron chi connectivity index (χ0n) is 16.4. The third kappa shape index (κ3) is 4.60. The predicted octanol–water partition coefficient (Wildman–Crippen LogP) is 4.21. The number of hydrogen-bond acceptors (Lipinski definition) is 5. The van der Waals surface area contributed by atoms with Crippen LogP contribution in [0.2, 0.25) is 0 Å². The van der Waals surface area contributed by atoms with Crippen LogP contribution in [0.5, 0.6) is 5.75 Å². The van der Waals surface area contributed by atoms with Crippen LogP contribution < -0.4 is 14.8 Å². The van der Waals surface area contributed by atoms with Crippen molar-refractivity contribution >= 4 is 27.3 Å². The molecular formula is C21H22N2O5S. The van der Waals surface area contributed by atoms with Crippen molar-refractivity contribution in [3.8, 4) is 5.75 Å². The fourth-order valence-corrected chi connectivity index (χ4v) is 4.12. The van der Waals surface area contributed by atoms with E-state index in [1.165, 1.54) is 13.2 Å². The first kappa shape index (κ1) is 20.5. The van der Waals surface area contributed by atoms with E-state index in [0.29, 0.717) is 34.9 Å². The molecule has 0 unspecified atom stereocenters. The molecule has 1 amide bonds. The largest absolute Gasteiger partial charge is 0.495 e. The highest BCUT2D eigenvalue weighted by Crippen LogP contribution is 2.28. The van der Waals surface area contributed by atoms with Crippen molar-refractivity contribution in [2.75, 3.05) is 17.1 Å². The molecule has 3 aromatic rings. The molecule has 2 N–H and O–H groups in total. The molecule has 0 bridgehead atoms. The predicted molar refractivity (Wildman–Crippen MR) is 111 cm³/mol. The molecule has 29 heavy (non-hydrogen) atoms. The second-order valence-corrected chi connectivity index (χ2v) is 8.01. The molecule has 0 aliphatic carbocycles.